The van der Waals surface area contributed by atoms with E-state index in [1.54, 1.807) is 0 Å². The highest BCUT2D eigenvalue weighted by atomic mass is 16.5. The molecule has 5 nitrogen and oxygen atoms in total. The molecule has 2 aromatic heterocycles. The van der Waals surface area contributed by atoms with E-state index in [0.29, 0.717) is 17.7 Å². The summed E-state index contributed by atoms with van der Waals surface area (Å²) in [4.78, 5) is 23.3. The normalized spacial score (nSPS) is 18.2. The molecule has 2 aliphatic rings. The van der Waals surface area contributed by atoms with Gasteiger partial charge in [-0.05, 0) is 86.8 Å². The molecule has 2 aliphatic heterocycles. The Hall–Kier alpha value is -2.66. The number of aromatic amines is 1. The lowest BCUT2D eigenvalue weighted by Crippen LogP contribution is -2.42. The SMILES string of the molecule is Cc1cc(-c2[nH]c3ccc(C4CCN(C(=O)C5CCOCC5)CC4)cc3c2C(C)C)cc(C)n1. The third-order valence-electron chi connectivity index (χ3n) is 7.66. The van der Waals surface area contributed by atoms with E-state index < -0.39 is 0 Å². The second-order valence-electron chi connectivity index (χ2n) is 10.5. The number of hydrogen-bond donors (Lipinski definition) is 1. The van der Waals surface area contributed by atoms with Gasteiger partial charge in [-0.25, -0.2) is 0 Å². The molecule has 1 aromatic carbocycles. The maximum absolute atomic E-state index is 12.9. The van der Waals surface area contributed by atoms with Crippen molar-refractivity contribution in [2.45, 2.75) is 65.2 Å². The number of likely N-dealkylation sites (tertiary alicyclic amines) is 1. The molecular formula is C29H37N3O2. The summed E-state index contributed by atoms with van der Waals surface area (Å²) in [5, 5.41) is 1.33. The minimum Gasteiger partial charge on any atom is -0.381 e. The number of H-pyrrole nitrogens is 1. The van der Waals surface area contributed by atoms with E-state index in [1.807, 2.05) is 0 Å². The van der Waals surface area contributed by atoms with Gasteiger partial charge in [0.25, 0.3) is 0 Å². The number of aryl methyl sites for hydroxylation is 2. The number of carbonyl (C=O) groups is 1. The number of pyridine rings is 1. The Morgan fingerprint density at radius 3 is 2.35 bits per heavy atom. The quantitative estimate of drug-likeness (QED) is 0.513. The van der Waals surface area contributed by atoms with E-state index in [4.69, 9.17) is 4.74 Å². The van der Waals surface area contributed by atoms with Crippen molar-refractivity contribution < 1.29 is 9.53 Å². The third kappa shape index (κ3) is 4.50. The predicted octanol–water partition coefficient (Wildman–Crippen LogP) is 6.10. The van der Waals surface area contributed by atoms with Crippen molar-refractivity contribution >= 4 is 16.8 Å². The van der Waals surface area contributed by atoms with E-state index >= 15 is 0 Å². The number of benzene rings is 1. The van der Waals surface area contributed by atoms with E-state index in [0.717, 1.165) is 63.4 Å². The fourth-order valence-corrected chi connectivity index (χ4v) is 5.93. The van der Waals surface area contributed by atoms with Gasteiger partial charge in [-0.1, -0.05) is 19.9 Å². The molecule has 1 amide bonds. The number of fused-ring (bicyclic) bond motifs is 1. The number of piperidine rings is 1. The van der Waals surface area contributed by atoms with Gasteiger partial charge in [0.2, 0.25) is 5.91 Å². The van der Waals surface area contributed by atoms with Gasteiger partial charge in [-0.15, -0.1) is 0 Å². The molecule has 3 aromatic rings. The Labute approximate surface area is 202 Å². The van der Waals surface area contributed by atoms with E-state index in [-0.39, 0.29) is 5.92 Å². The van der Waals surface area contributed by atoms with Crippen molar-refractivity contribution in [3.63, 3.8) is 0 Å². The Balaban J connectivity index is 1.39. The number of aromatic nitrogens is 2. The monoisotopic (exact) mass is 459 g/mol. The summed E-state index contributed by atoms with van der Waals surface area (Å²) in [5.74, 6) is 1.42. The van der Waals surface area contributed by atoms with Gasteiger partial charge in [-0.3, -0.25) is 9.78 Å². The van der Waals surface area contributed by atoms with Crippen LogP contribution < -0.4 is 0 Å². The first-order chi connectivity index (χ1) is 16.4. The van der Waals surface area contributed by atoms with Gasteiger partial charge in [0.1, 0.15) is 0 Å². The zero-order valence-corrected chi connectivity index (χ0v) is 21.0. The number of nitrogens with zero attached hydrogens (tertiary/aromatic N) is 2. The molecule has 0 atom stereocenters. The number of ether oxygens (including phenoxy) is 1. The van der Waals surface area contributed by atoms with Gasteiger partial charge < -0.3 is 14.6 Å². The molecule has 0 spiro atoms. The summed E-state index contributed by atoms with van der Waals surface area (Å²) in [6.45, 7) is 11.9. The summed E-state index contributed by atoms with van der Waals surface area (Å²) < 4.78 is 5.44. The van der Waals surface area contributed by atoms with Gasteiger partial charge >= 0.3 is 0 Å². The summed E-state index contributed by atoms with van der Waals surface area (Å²) in [6.07, 6.45) is 3.83. The first-order valence-corrected chi connectivity index (χ1v) is 12.9. The highest BCUT2D eigenvalue weighted by Crippen LogP contribution is 2.38. The molecular weight excluding hydrogens is 422 g/mol. The molecule has 180 valence electrons. The van der Waals surface area contributed by atoms with Crippen LogP contribution in [0.25, 0.3) is 22.2 Å². The summed E-state index contributed by atoms with van der Waals surface area (Å²) >= 11 is 0. The van der Waals surface area contributed by atoms with Crippen LogP contribution in [0.5, 0.6) is 0 Å². The third-order valence-corrected chi connectivity index (χ3v) is 7.66. The highest BCUT2D eigenvalue weighted by Gasteiger charge is 2.30. The van der Waals surface area contributed by atoms with Gasteiger partial charge in [0, 0.05) is 60.1 Å². The van der Waals surface area contributed by atoms with Crippen molar-refractivity contribution in [2.24, 2.45) is 5.92 Å². The summed E-state index contributed by atoms with van der Waals surface area (Å²) in [7, 11) is 0. The lowest BCUT2D eigenvalue weighted by Gasteiger charge is -2.35. The zero-order valence-electron chi connectivity index (χ0n) is 21.0. The van der Waals surface area contributed by atoms with Crippen LogP contribution in [0.3, 0.4) is 0 Å². The smallest absolute Gasteiger partial charge is 0.225 e. The van der Waals surface area contributed by atoms with Crippen LogP contribution in [-0.4, -0.2) is 47.1 Å². The van der Waals surface area contributed by atoms with Crippen LogP contribution in [-0.2, 0) is 9.53 Å². The number of hydrogen-bond acceptors (Lipinski definition) is 3. The Kier molecular flexibility index (Phi) is 6.48. The van der Waals surface area contributed by atoms with Crippen molar-refractivity contribution in [1.82, 2.24) is 14.9 Å². The van der Waals surface area contributed by atoms with Crippen molar-refractivity contribution in [2.75, 3.05) is 26.3 Å². The van der Waals surface area contributed by atoms with Crippen LogP contribution in [0, 0.1) is 19.8 Å². The maximum atomic E-state index is 12.9. The molecule has 34 heavy (non-hydrogen) atoms. The van der Waals surface area contributed by atoms with Crippen LogP contribution in [0.4, 0.5) is 0 Å². The van der Waals surface area contributed by atoms with Gasteiger partial charge in [0.05, 0.1) is 5.69 Å². The average molecular weight is 460 g/mol. The van der Waals surface area contributed by atoms with E-state index in [1.165, 1.54) is 33.3 Å². The van der Waals surface area contributed by atoms with Crippen LogP contribution in [0.15, 0.2) is 30.3 Å². The second kappa shape index (κ2) is 9.53. The number of carbonyl (C=O) groups excluding carboxylic acids is 1. The molecule has 0 aliphatic carbocycles. The number of nitrogens with one attached hydrogen (secondary N) is 1. The molecule has 0 unspecified atom stereocenters. The fraction of sp³-hybridized carbons (Fsp3) is 0.517. The van der Waals surface area contributed by atoms with Gasteiger partial charge in [0.15, 0.2) is 0 Å². The number of amides is 1. The van der Waals surface area contributed by atoms with E-state index in [9.17, 15) is 4.79 Å². The molecule has 0 bridgehead atoms. The molecule has 0 saturated carbocycles. The maximum Gasteiger partial charge on any atom is 0.225 e. The number of rotatable bonds is 4. The van der Waals surface area contributed by atoms with Crippen LogP contribution in [0.2, 0.25) is 0 Å². The lowest BCUT2D eigenvalue weighted by molar-refractivity contribution is -0.139. The summed E-state index contributed by atoms with van der Waals surface area (Å²) in [6, 6.07) is 11.3. The Bertz CT molecular complexity index is 1160. The largest absolute Gasteiger partial charge is 0.381 e. The van der Waals surface area contributed by atoms with Crippen LogP contribution in [0.1, 0.15) is 73.9 Å². The molecule has 2 saturated heterocycles. The minimum atomic E-state index is 0.161. The first kappa shape index (κ1) is 23.1. The molecule has 2 fully saturated rings. The predicted molar refractivity (Wildman–Crippen MR) is 137 cm³/mol. The van der Waals surface area contributed by atoms with E-state index in [2.05, 4.69) is 72.9 Å². The highest BCUT2D eigenvalue weighted by molar-refractivity contribution is 5.92. The minimum absolute atomic E-state index is 0.161. The lowest BCUT2D eigenvalue weighted by atomic mass is 9.87. The Morgan fingerprint density at radius 2 is 1.71 bits per heavy atom. The Morgan fingerprint density at radius 1 is 1.03 bits per heavy atom. The first-order valence-electron chi connectivity index (χ1n) is 12.9. The van der Waals surface area contributed by atoms with Crippen LogP contribution >= 0.6 is 0 Å². The van der Waals surface area contributed by atoms with Gasteiger partial charge in [-0.2, -0.15) is 0 Å². The van der Waals surface area contributed by atoms with Crippen molar-refractivity contribution in [3.8, 4) is 11.3 Å². The topological polar surface area (TPSA) is 58.2 Å². The molecule has 5 heteroatoms. The van der Waals surface area contributed by atoms with Crippen molar-refractivity contribution in [3.05, 3.63) is 52.8 Å². The molecule has 0 radical (unpaired) electrons. The average Bonchev–Trinajstić information content (AvgIpc) is 3.23. The zero-order chi connectivity index (χ0) is 23.8. The molecule has 4 heterocycles. The fourth-order valence-electron chi connectivity index (χ4n) is 5.93. The summed E-state index contributed by atoms with van der Waals surface area (Å²) in [5.41, 5.74) is 8.51. The standard InChI is InChI=1S/C29H37N3O2/c1-18(2)27-25-17-23(5-6-26(25)31-28(27)24-15-19(3)30-20(4)16-24)21-7-11-32(12-8-21)29(33)22-9-13-34-14-10-22/h5-6,15-18,21-22,31H,7-14H2,1-4H3. The second-order valence-corrected chi connectivity index (χ2v) is 10.5. The molecule has 1 N–H and O–H groups in total. The van der Waals surface area contributed by atoms with Crippen molar-refractivity contribution in [1.29, 1.82) is 0 Å². The molecule has 5 rings (SSSR count).